The topological polar surface area (TPSA) is 275 Å². The van der Waals surface area contributed by atoms with E-state index in [-0.39, 0.29) is 0 Å². The first-order chi connectivity index (χ1) is 14.3. The van der Waals surface area contributed by atoms with Crippen LogP contribution in [0.25, 0.3) is 0 Å². The summed E-state index contributed by atoms with van der Waals surface area (Å²) in [6.07, 6.45) is -2.21. The first kappa shape index (κ1) is 27.5. The van der Waals surface area contributed by atoms with E-state index >= 15 is 0 Å². The summed E-state index contributed by atoms with van der Waals surface area (Å²) in [6.45, 7) is 1.60. The molecule has 0 saturated carbocycles. The molecule has 0 aliphatic heterocycles. The molecule has 0 rings (SSSR count). The van der Waals surface area contributed by atoms with Gasteiger partial charge in [-0.2, -0.15) is 0 Å². The number of hydrogen-bond acceptors (Lipinski definition) is 9. The van der Waals surface area contributed by atoms with Crippen molar-refractivity contribution in [2.24, 2.45) is 11.5 Å². The van der Waals surface area contributed by atoms with Gasteiger partial charge in [-0.05, 0) is 13.8 Å². The number of urea groups is 1. The Hall–Kier alpha value is -3.50. The molecule has 0 aromatic carbocycles. The van der Waals surface area contributed by atoms with Crippen molar-refractivity contribution in [2.45, 2.75) is 50.5 Å². The highest BCUT2D eigenvalue weighted by atomic mass is 16.4. The molecule has 0 saturated heterocycles. The van der Waals surface area contributed by atoms with Gasteiger partial charge in [-0.25, -0.2) is 9.59 Å². The number of carboxylic acid groups (broad SMARTS) is 1. The van der Waals surface area contributed by atoms with Crippen molar-refractivity contribution in [1.82, 2.24) is 26.8 Å². The van der Waals surface area contributed by atoms with Crippen LogP contribution in [0, 0.1) is 0 Å². The number of hydrazine groups is 1. The third-order valence-electron chi connectivity index (χ3n) is 3.60. The Morgan fingerprint density at radius 1 is 0.871 bits per heavy atom. The summed E-state index contributed by atoms with van der Waals surface area (Å²) in [5, 5.41) is 33.5. The van der Waals surface area contributed by atoms with Crippen LogP contribution in [0.15, 0.2) is 0 Å². The van der Waals surface area contributed by atoms with E-state index in [2.05, 4.69) is 5.32 Å². The number of carboxylic acids is 1. The average molecular weight is 449 g/mol. The van der Waals surface area contributed by atoms with Crippen LogP contribution in [0.2, 0.25) is 0 Å². The summed E-state index contributed by atoms with van der Waals surface area (Å²) in [5.41, 5.74) is 14.1. The number of nitrogens with one attached hydrogen (secondary N) is 5. The molecule has 0 aromatic heterocycles. The van der Waals surface area contributed by atoms with Crippen molar-refractivity contribution in [3.8, 4) is 0 Å². The Morgan fingerprint density at radius 2 is 1.39 bits per heavy atom. The van der Waals surface area contributed by atoms with E-state index in [1.165, 1.54) is 6.92 Å². The van der Waals surface area contributed by atoms with Crippen LogP contribution >= 0.6 is 0 Å². The van der Waals surface area contributed by atoms with Gasteiger partial charge in [-0.1, -0.05) is 0 Å². The smallest absolute Gasteiger partial charge is 0.328 e. The third-order valence-corrected chi connectivity index (χ3v) is 3.60. The largest absolute Gasteiger partial charge is 0.480 e. The zero-order valence-corrected chi connectivity index (χ0v) is 16.7. The van der Waals surface area contributed by atoms with Crippen molar-refractivity contribution < 1.29 is 44.1 Å². The fourth-order valence-electron chi connectivity index (χ4n) is 1.93. The maximum atomic E-state index is 12.2. The molecule has 5 atom stereocenters. The van der Waals surface area contributed by atoms with Gasteiger partial charge in [0.25, 0.3) is 11.8 Å². The van der Waals surface area contributed by atoms with Gasteiger partial charge in [-0.15, -0.1) is 0 Å². The second-order valence-electron chi connectivity index (χ2n) is 6.41. The molecular formula is C15H27N7O9. The minimum Gasteiger partial charge on any atom is -0.480 e. The third kappa shape index (κ3) is 10.2. The molecule has 0 radical (unpaired) electrons. The highest BCUT2D eigenvalue weighted by molar-refractivity contribution is 5.94. The molecule has 0 aromatic rings. The monoisotopic (exact) mass is 449 g/mol. The summed E-state index contributed by atoms with van der Waals surface area (Å²) in [7, 11) is 0. The second-order valence-corrected chi connectivity index (χ2v) is 6.41. The number of carbonyl (C=O) groups excluding carboxylic acids is 5. The average Bonchev–Trinajstić information content (AvgIpc) is 2.66. The van der Waals surface area contributed by atoms with E-state index in [9.17, 15) is 39.0 Å². The van der Waals surface area contributed by atoms with Gasteiger partial charge < -0.3 is 42.7 Å². The van der Waals surface area contributed by atoms with Crippen LogP contribution in [0.5, 0.6) is 0 Å². The van der Waals surface area contributed by atoms with Crippen molar-refractivity contribution in [2.75, 3.05) is 6.61 Å². The number of rotatable bonds is 11. The number of amides is 6. The molecule has 31 heavy (non-hydrogen) atoms. The molecular weight excluding hydrogens is 422 g/mol. The van der Waals surface area contributed by atoms with Crippen molar-refractivity contribution in [1.29, 1.82) is 0 Å². The summed E-state index contributed by atoms with van der Waals surface area (Å²) in [5.74, 6) is -5.52. The second kappa shape index (κ2) is 12.9. The summed E-state index contributed by atoms with van der Waals surface area (Å²) in [6, 6.07) is -7.02. The lowest BCUT2D eigenvalue weighted by Gasteiger charge is -2.22. The highest BCUT2D eigenvalue weighted by Crippen LogP contribution is 1.96. The van der Waals surface area contributed by atoms with E-state index < -0.39 is 78.9 Å². The molecule has 6 amide bonds. The first-order valence-electron chi connectivity index (χ1n) is 8.82. The van der Waals surface area contributed by atoms with Gasteiger partial charge in [0.05, 0.1) is 25.2 Å². The lowest BCUT2D eigenvalue weighted by atomic mass is 10.1. The van der Waals surface area contributed by atoms with Gasteiger partial charge in [0.15, 0.2) is 6.04 Å². The minimum absolute atomic E-state index is 0.730. The molecule has 0 bridgehead atoms. The van der Waals surface area contributed by atoms with Crippen LogP contribution in [-0.4, -0.2) is 87.8 Å². The molecule has 0 aliphatic rings. The summed E-state index contributed by atoms with van der Waals surface area (Å²) < 4.78 is 0. The molecule has 176 valence electrons. The van der Waals surface area contributed by atoms with Gasteiger partial charge >= 0.3 is 12.0 Å². The van der Waals surface area contributed by atoms with Crippen LogP contribution in [0.4, 0.5) is 4.79 Å². The fourth-order valence-corrected chi connectivity index (χ4v) is 1.93. The SMILES string of the molecule is CC(N)C(=O)NC(CO)C(=O)NNC(=O)C(CC(N)=O)NC(=O)NC(C(=O)O)C(C)O. The molecule has 0 spiro atoms. The normalized spacial score (nSPS) is 15.3. The predicted octanol–water partition coefficient (Wildman–Crippen LogP) is -5.66. The standard InChI is InChI=1S/C15H27N7O9/c1-5(16)11(26)18-8(4-23)13(28)22-21-12(27)7(3-9(17)25)19-15(31)20-10(6(2)24)14(29)30/h5-8,10,23-24H,3-4,16H2,1-2H3,(H2,17,25)(H,18,26)(H,21,27)(H,22,28)(H,29,30)(H2,19,20,31). The van der Waals surface area contributed by atoms with Crippen LogP contribution in [0.1, 0.15) is 20.3 Å². The minimum atomic E-state index is -1.71. The molecule has 0 heterocycles. The Bertz CT molecular complexity index is 698. The van der Waals surface area contributed by atoms with Gasteiger partial charge in [0.1, 0.15) is 12.1 Å². The van der Waals surface area contributed by atoms with Gasteiger partial charge in [0.2, 0.25) is 11.8 Å². The van der Waals surface area contributed by atoms with E-state index in [4.69, 9.17) is 16.6 Å². The molecule has 0 aliphatic carbocycles. The van der Waals surface area contributed by atoms with E-state index in [1.54, 1.807) is 0 Å². The molecule has 16 heteroatoms. The zero-order chi connectivity index (χ0) is 24.3. The summed E-state index contributed by atoms with van der Waals surface area (Å²) >= 11 is 0. The number of primary amides is 1. The Morgan fingerprint density at radius 3 is 1.77 bits per heavy atom. The van der Waals surface area contributed by atoms with Crippen molar-refractivity contribution in [3.63, 3.8) is 0 Å². The van der Waals surface area contributed by atoms with Crippen LogP contribution in [-0.2, 0) is 24.0 Å². The Balaban J connectivity index is 5.04. The first-order valence-corrected chi connectivity index (χ1v) is 8.82. The molecule has 0 fully saturated rings. The number of aliphatic hydroxyl groups excluding tert-OH is 2. The number of carbonyl (C=O) groups is 6. The lowest BCUT2D eigenvalue weighted by molar-refractivity contribution is -0.141. The molecule has 12 N–H and O–H groups in total. The predicted molar refractivity (Wildman–Crippen MR) is 101 cm³/mol. The molecule has 16 nitrogen and oxygen atoms in total. The number of aliphatic hydroxyl groups is 2. The summed E-state index contributed by atoms with van der Waals surface area (Å²) in [4.78, 5) is 69.8. The number of hydrogen-bond donors (Lipinski definition) is 10. The number of aliphatic carboxylic acids is 1. The zero-order valence-electron chi connectivity index (χ0n) is 16.7. The van der Waals surface area contributed by atoms with E-state index in [0.717, 1.165) is 6.92 Å². The molecule has 5 unspecified atom stereocenters. The van der Waals surface area contributed by atoms with Crippen LogP contribution < -0.4 is 38.3 Å². The fraction of sp³-hybridized carbons (Fsp3) is 0.600. The Kier molecular flexibility index (Phi) is 11.5. The van der Waals surface area contributed by atoms with E-state index in [1.807, 2.05) is 21.5 Å². The maximum Gasteiger partial charge on any atom is 0.328 e. The lowest BCUT2D eigenvalue weighted by Crippen LogP contribution is -2.60. The maximum absolute atomic E-state index is 12.2. The van der Waals surface area contributed by atoms with Crippen molar-refractivity contribution in [3.05, 3.63) is 0 Å². The van der Waals surface area contributed by atoms with Gasteiger partial charge in [0, 0.05) is 0 Å². The van der Waals surface area contributed by atoms with Gasteiger partial charge in [-0.3, -0.25) is 30.0 Å². The van der Waals surface area contributed by atoms with E-state index in [0.29, 0.717) is 0 Å². The number of nitrogens with two attached hydrogens (primary N) is 2. The highest BCUT2D eigenvalue weighted by Gasteiger charge is 2.29. The Labute approximate surface area is 176 Å². The van der Waals surface area contributed by atoms with Crippen LogP contribution in [0.3, 0.4) is 0 Å². The van der Waals surface area contributed by atoms with Crippen molar-refractivity contribution >= 4 is 35.6 Å². The quantitative estimate of drug-likeness (QED) is 0.133.